The second kappa shape index (κ2) is 6.58. The molecular formula is C22H15N3O2S. The van der Waals surface area contributed by atoms with Crippen LogP contribution < -0.4 is 5.32 Å². The lowest BCUT2D eigenvalue weighted by Crippen LogP contribution is -2.10. The first kappa shape index (κ1) is 16.6. The van der Waals surface area contributed by atoms with Gasteiger partial charge in [0, 0.05) is 23.5 Å². The largest absolute Gasteiger partial charge is 0.449 e. The number of rotatable bonds is 3. The van der Waals surface area contributed by atoms with E-state index in [2.05, 4.69) is 29.4 Å². The van der Waals surface area contributed by atoms with Gasteiger partial charge in [0.05, 0.1) is 10.2 Å². The number of fused-ring (bicyclic) bond motifs is 2. The highest BCUT2D eigenvalue weighted by molar-refractivity contribution is 7.21. The van der Waals surface area contributed by atoms with Gasteiger partial charge in [-0.15, -0.1) is 11.3 Å². The van der Waals surface area contributed by atoms with Crippen molar-refractivity contribution in [3.05, 3.63) is 78.2 Å². The Balaban J connectivity index is 1.37. The average molecular weight is 385 g/mol. The first-order chi connectivity index (χ1) is 13.7. The number of benzene rings is 2. The molecule has 0 aliphatic carbocycles. The van der Waals surface area contributed by atoms with Crippen molar-refractivity contribution in [3.8, 4) is 10.6 Å². The molecule has 3 aromatic heterocycles. The molecular weight excluding hydrogens is 370 g/mol. The highest BCUT2D eigenvalue weighted by Crippen LogP contribution is 2.31. The average Bonchev–Trinajstić information content (AvgIpc) is 3.32. The van der Waals surface area contributed by atoms with Gasteiger partial charge in [-0.2, -0.15) is 0 Å². The molecule has 0 bridgehead atoms. The third kappa shape index (κ3) is 3.04. The number of nitrogens with one attached hydrogen (secondary N) is 1. The highest BCUT2D eigenvalue weighted by Gasteiger charge is 2.13. The van der Waals surface area contributed by atoms with Crippen LogP contribution in [-0.4, -0.2) is 15.9 Å². The maximum absolute atomic E-state index is 12.4. The number of nitrogens with zero attached hydrogens (tertiary/aromatic N) is 2. The van der Waals surface area contributed by atoms with Crippen molar-refractivity contribution in [2.45, 2.75) is 6.92 Å². The molecule has 3 heterocycles. The Morgan fingerprint density at radius 1 is 1.04 bits per heavy atom. The van der Waals surface area contributed by atoms with Crippen molar-refractivity contribution in [1.29, 1.82) is 0 Å². The molecule has 5 rings (SSSR count). The fourth-order valence-electron chi connectivity index (χ4n) is 3.03. The van der Waals surface area contributed by atoms with E-state index in [1.165, 1.54) is 10.3 Å². The summed E-state index contributed by atoms with van der Waals surface area (Å²) in [6.45, 7) is 2.08. The molecule has 0 saturated heterocycles. The molecule has 0 aliphatic heterocycles. The molecule has 0 saturated carbocycles. The van der Waals surface area contributed by atoms with Crippen molar-refractivity contribution in [1.82, 2.24) is 9.97 Å². The molecule has 0 aliphatic rings. The SMILES string of the molecule is Cc1ccc2nc(-c3ccc(NC(=O)c4cc5ncccc5o4)cc3)sc2c1. The molecule has 28 heavy (non-hydrogen) atoms. The molecule has 1 N–H and O–H groups in total. The number of hydrogen-bond acceptors (Lipinski definition) is 5. The molecule has 0 unspecified atom stereocenters. The van der Waals surface area contributed by atoms with Crippen LogP contribution in [0.4, 0.5) is 5.69 Å². The minimum Gasteiger partial charge on any atom is -0.449 e. The molecule has 0 radical (unpaired) electrons. The number of amides is 1. The van der Waals surface area contributed by atoms with Crippen LogP contribution in [0.5, 0.6) is 0 Å². The second-order valence-corrected chi connectivity index (χ2v) is 7.55. The molecule has 6 heteroatoms. The van der Waals surface area contributed by atoms with E-state index in [9.17, 15) is 4.79 Å². The lowest BCUT2D eigenvalue weighted by molar-refractivity contribution is 0.0998. The predicted molar refractivity (Wildman–Crippen MR) is 112 cm³/mol. The summed E-state index contributed by atoms with van der Waals surface area (Å²) in [6.07, 6.45) is 1.67. The van der Waals surface area contributed by atoms with Crippen molar-refractivity contribution in [3.63, 3.8) is 0 Å². The summed E-state index contributed by atoms with van der Waals surface area (Å²) in [6, 6.07) is 19.1. The fraction of sp³-hybridized carbons (Fsp3) is 0.0455. The summed E-state index contributed by atoms with van der Waals surface area (Å²) >= 11 is 1.66. The van der Waals surface area contributed by atoms with Crippen LogP contribution in [0.15, 0.2) is 71.3 Å². The predicted octanol–water partition coefficient (Wildman–Crippen LogP) is 5.67. The van der Waals surface area contributed by atoms with E-state index in [0.717, 1.165) is 16.1 Å². The zero-order valence-corrected chi connectivity index (χ0v) is 15.8. The summed E-state index contributed by atoms with van der Waals surface area (Å²) < 4.78 is 6.73. The van der Waals surface area contributed by atoms with Gasteiger partial charge in [0.2, 0.25) is 0 Å². The Labute approximate surface area is 164 Å². The number of furan rings is 1. The normalized spacial score (nSPS) is 11.2. The zero-order valence-electron chi connectivity index (χ0n) is 15.0. The summed E-state index contributed by atoms with van der Waals surface area (Å²) in [7, 11) is 0. The van der Waals surface area contributed by atoms with Crippen LogP contribution in [0.25, 0.3) is 31.9 Å². The Morgan fingerprint density at radius 3 is 2.71 bits per heavy atom. The third-order valence-corrected chi connectivity index (χ3v) is 5.51. The third-order valence-electron chi connectivity index (χ3n) is 4.44. The number of thiazole rings is 1. The Morgan fingerprint density at radius 2 is 1.89 bits per heavy atom. The number of carbonyl (C=O) groups is 1. The van der Waals surface area contributed by atoms with Crippen LogP contribution >= 0.6 is 11.3 Å². The minimum atomic E-state index is -0.304. The summed E-state index contributed by atoms with van der Waals surface area (Å²) in [4.78, 5) is 21.3. The Kier molecular flexibility index (Phi) is 3.91. The van der Waals surface area contributed by atoms with Crippen LogP contribution in [0.2, 0.25) is 0 Å². The van der Waals surface area contributed by atoms with Gasteiger partial charge in [-0.05, 0) is 61.0 Å². The molecule has 5 aromatic rings. The number of hydrogen-bond donors (Lipinski definition) is 1. The van der Waals surface area contributed by atoms with Crippen LogP contribution in [-0.2, 0) is 0 Å². The van der Waals surface area contributed by atoms with Crippen molar-refractivity contribution in [2.75, 3.05) is 5.32 Å². The number of aryl methyl sites for hydroxylation is 1. The van der Waals surface area contributed by atoms with Gasteiger partial charge in [0.15, 0.2) is 11.3 Å². The van der Waals surface area contributed by atoms with Gasteiger partial charge in [-0.25, -0.2) is 4.98 Å². The van der Waals surface area contributed by atoms with Crippen molar-refractivity contribution >= 4 is 44.2 Å². The lowest BCUT2D eigenvalue weighted by Gasteiger charge is -2.04. The maximum Gasteiger partial charge on any atom is 0.291 e. The van der Waals surface area contributed by atoms with E-state index in [0.29, 0.717) is 16.8 Å². The summed E-state index contributed by atoms with van der Waals surface area (Å²) in [5.74, 6) is -0.0690. The molecule has 0 spiro atoms. The second-order valence-electron chi connectivity index (χ2n) is 6.52. The van der Waals surface area contributed by atoms with Gasteiger partial charge in [0.25, 0.3) is 5.91 Å². The van der Waals surface area contributed by atoms with Gasteiger partial charge < -0.3 is 9.73 Å². The fourth-order valence-corrected chi connectivity index (χ4v) is 4.09. The van der Waals surface area contributed by atoms with Crippen molar-refractivity contribution < 1.29 is 9.21 Å². The van der Waals surface area contributed by atoms with E-state index >= 15 is 0 Å². The van der Waals surface area contributed by atoms with Gasteiger partial charge >= 0.3 is 0 Å². The van der Waals surface area contributed by atoms with E-state index in [4.69, 9.17) is 9.40 Å². The smallest absolute Gasteiger partial charge is 0.291 e. The first-order valence-electron chi connectivity index (χ1n) is 8.79. The number of pyridine rings is 1. The van der Waals surface area contributed by atoms with Crippen LogP contribution in [0.1, 0.15) is 16.1 Å². The number of carbonyl (C=O) groups excluding carboxylic acids is 1. The number of aromatic nitrogens is 2. The number of anilines is 1. The van der Waals surface area contributed by atoms with E-state index < -0.39 is 0 Å². The van der Waals surface area contributed by atoms with Crippen LogP contribution in [0.3, 0.4) is 0 Å². The molecule has 2 aromatic carbocycles. The topological polar surface area (TPSA) is 68.0 Å². The quantitative estimate of drug-likeness (QED) is 0.435. The van der Waals surface area contributed by atoms with E-state index in [-0.39, 0.29) is 11.7 Å². The molecule has 0 atom stereocenters. The lowest BCUT2D eigenvalue weighted by atomic mass is 10.2. The van der Waals surface area contributed by atoms with Crippen LogP contribution in [0, 0.1) is 6.92 Å². The van der Waals surface area contributed by atoms with Gasteiger partial charge in [0.1, 0.15) is 10.5 Å². The first-order valence-corrected chi connectivity index (χ1v) is 9.61. The molecule has 1 amide bonds. The van der Waals surface area contributed by atoms with Crippen molar-refractivity contribution in [2.24, 2.45) is 0 Å². The van der Waals surface area contributed by atoms with E-state index in [1.807, 2.05) is 30.3 Å². The Bertz CT molecular complexity index is 1290. The standard InChI is InChI=1S/C22H15N3O2S/c1-13-4-9-16-20(11-13)28-22(25-16)14-5-7-15(8-6-14)24-21(26)19-12-17-18(27-19)3-2-10-23-17/h2-12H,1H3,(H,24,26). The molecule has 136 valence electrons. The molecule has 5 nitrogen and oxygen atoms in total. The zero-order chi connectivity index (χ0) is 19.1. The Hall–Kier alpha value is -3.51. The summed E-state index contributed by atoms with van der Waals surface area (Å²) in [5.41, 5.74) is 5.19. The van der Waals surface area contributed by atoms with Gasteiger partial charge in [-0.3, -0.25) is 9.78 Å². The van der Waals surface area contributed by atoms with E-state index in [1.54, 1.807) is 35.7 Å². The van der Waals surface area contributed by atoms with Gasteiger partial charge in [-0.1, -0.05) is 6.07 Å². The summed E-state index contributed by atoms with van der Waals surface area (Å²) in [5, 5.41) is 3.81. The maximum atomic E-state index is 12.4. The highest BCUT2D eigenvalue weighted by atomic mass is 32.1. The minimum absolute atomic E-state index is 0.235. The monoisotopic (exact) mass is 385 g/mol. The molecule has 0 fully saturated rings.